The van der Waals surface area contributed by atoms with Crippen LogP contribution in [0.5, 0.6) is 0 Å². The van der Waals surface area contributed by atoms with Crippen molar-refractivity contribution in [3.8, 4) is 0 Å². The highest BCUT2D eigenvalue weighted by Gasteiger charge is 2.43. The van der Waals surface area contributed by atoms with E-state index >= 15 is 0 Å². The molecule has 0 aromatic rings. The van der Waals surface area contributed by atoms with Crippen LogP contribution in [0.2, 0.25) is 0 Å². The van der Waals surface area contributed by atoms with Gasteiger partial charge in [-0.1, -0.05) is 73.1 Å². The van der Waals surface area contributed by atoms with E-state index in [2.05, 4.69) is 34.6 Å². The Morgan fingerprint density at radius 2 is 1.00 bits per heavy atom. The van der Waals surface area contributed by atoms with Crippen LogP contribution >= 0.6 is 0 Å². The van der Waals surface area contributed by atoms with Crippen molar-refractivity contribution in [1.82, 2.24) is 0 Å². The second kappa shape index (κ2) is 18.2. The van der Waals surface area contributed by atoms with Gasteiger partial charge in [0.15, 0.2) is 0 Å². The van der Waals surface area contributed by atoms with E-state index in [4.69, 9.17) is 18.9 Å². The van der Waals surface area contributed by atoms with E-state index in [1.54, 1.807) is 0 Å². The first-order valence-electron chi connectivity index (χ1n) is 11.2. The highest BCUT2D eigenvalue weighted by atomic mass is 16.9. The molecule has 0 aromatic heterocycles. The monoisotopic (exact) mass is 374 g/mol. The normalized spacial score (nSPS) is 13.3. The minimum atomic E-state index is -1.05. The Bertz CT molecular complexity index is 262. The highest BCUT2D eigenvalue weighted by Crippen LogP contribution is 2.28. The summed E-state index contributed by atoms with van der Waals surface area (Å²) >= 11 is 0. The van der Waals surface area contributed by atoms with Gasteiger partial charge in [-0.25, -0.2) is 0 Å². The van der Waals surface area contributed by atoms with Crippen molar-refractivity contribution in [2.75, 3.05) is 26.4 Å². The summed E-state index contributed by atoms with van der Waals surface area (Å²) < 4.78 is 24.7. The Labute approximate surface area is 163 Å². The fourth-order valence-electron chi connectivity index (χ4n) is 2.87. The largest absolute Gasteiger partial charge is 0.370 e. The van der Waals surface area contributed by atoms with E-state index in [-0.39, 0.29) is 6.10 Å². The maximum absolute atomic E-state index is 6.20. The third kappa shape index (κ3) is 11.5. The van der Waals surface area contributed by atoms with Gasteiger partial charge in [0.1, 0.15) is 6.10 Å². The summed E-state index contributed by atoms with van der Waals surface area (Å²) in [6.45, 7) is 13.3. The Hall–Kier alpha value is -0.160. The predicted molar refractivity (Wildman–Crippen MR) is 109 cm³/mol. The minimum absolute atomic E-state index is 0.168. The Morgan fingerprint density at radius 1 is 0.538 bits per heavy atom. The van der Waals surface area contributed by atoms with Gasteiger partial charge in [-0.2, -0.15) is 0 Å². The van der Waals surface area contributed by atoms with Gasteiger partial charge in [0.2, 0.25) is 0 Å². The summed E-state index contributed by atoms with van der Waals surface area (Å²) in [5.74, 6) is -1.05. The van der Waals surface area contributed by atoms with Crippen LogP contribution in [0.3, 0.4) is 0 Å². The summed E-state index contributed by atoms with van der Waals surface area (Å²) in [5, 5.41) is 0. The molecule has 0 aromatic carbocycles. The number of ether oxygens (including phenoxy) is 4. The van der Waals surface area contributed by atoms with Gasteiger partial charge in [0.25, 0.3) is 0 Å². The molecule has 0 aliphatic rings. The number of unbranched alkanes of at least 4 members (excludes halogenated alkanes) is 5. The summed E-state index contributed by atoms with van der Waals surface area (Å²) in [6, 6.07) is 0. The fourth-order valence-corrected chi connectivity index (χ4v) is 2.87. The maximum Gasteiger partial charge on any atom is 0.310 e. The molecular weight excluding hydrogens is 328 g/mol. The lowest BCUT2D eigenvalue weighted by molar-refractivity contribution is -0.418. The van der Waals surface area contributed by atoms with E-state index in [0.717, 1.165) is 38.5 Å². The SMILES string of the molecule is CCCCCCCCC(OCCC)C(OCCC)(OCCC)OCCC. The average Bonchev–Trinajstić information content (AvgIpc) is 2.67. The first-order valence-corrected chi connectivity index (χ1v) is 11.2. The molecule has 0 N–H and O–H groups in total. The molecule has 0 aliphatic heterocycles. The van der Waals surface area contributed by atoms with Crippen molar-refractivity contribution >= 4 is 0 Å². The van der Waals surface area contributed by atoms with Crippen LogP contribution in [0.4, 0.5) is 0 Å². The second-order valence-corrected chi connectivity index (χ2v) is 7.06. The van der Waals surface area contributed by atoms with Crippen molar-refractivity contribution in [2.45, 2.75) is 117 Å². The third-order valence-corrected chi connectivity index (χ3v) is 4.26. The second-order valence-electron chi connectivity index (χ2n) is 7.06. The molecule has 4 heteroatoms. The zero-order valence-electron chi connectivity index (χ0n) is 18.3. The van der Waals surface area contributed by atoms with E-state index in [0.29, 0.717) is 26.4 Å². The molecule has 0 bridgehead atoms. The van der Waals surface area contributed by atoms with Crippen LogP contribution in [-0.4, -0.2) is 38.5 Å². The Morgan fingerprint density at radius 3 is 1.46 bits per heavy atom. The average molecular weight is 375 g/mol. The maximum atomic E-state index is 6.20. The van der Waals surface area contributed by atoms with Gasteiger partial charge in [-0.3, -0.25) is 0 Å². The van der Waals surface area contributed by atoms with Crippen molar-refractivity contribution < 1.29 is 18.9 Å². The quantitative estimate of drug-likeness (QED) is 0.181. The molecule has 0 spiro atoms. The first-order chi connectivity index (χ1) is 12.7. The molecule has 158 valence electrons. The molecule has 0 rings (SSSR count). The van der Waals surface area contributed by atoms with Gasteiger partial charge in [-0.15, -0.1) is 0 Å². The molecule has 0 fully saturated rings. The molecule has 0 radical (unpaired) electrons. The van der Waals surface area contributed by atoms with Crippen LogP contribution < -0.4 is 0 Å². The van der Waals surface area contributed by atoms with Crippen molar-refractivity contribution in [1.29, 1.82) is 0 Å². The molecule has 1 unspecified atom stereocenters. The van der Waals surface area contributed by atoms with E-state index in [9.17, 15) is 0 Å². The van der Waals surface area contributed by atoms with Gasteiger partial charge >= 0.3 is 5.97 Å². The Balaban J connectivity index is 4.98. The topological polar surface area (TPSA) is 36.9 Å². The minimum Gasteiger partial charge on any atom is -0.370 e. The number of hydrogen-bond acceptors (Lipinski definition) is 4. The summed E-state index contributed by atoms with van der Waals surface area (Å²) in [7, 11) is 0. The Kier molecular flexibility index (Phi) is 18.1. The summed E-state index contributed by atoms with van der Waals surface area (Å²) in [4.78, 5) is 0. The van der Waals surface area contributed by atoms with Crippen molar-refractivity contribution in [3.05, 3.63) is 0 Å². The van der Waals surface area contributed by atoms with Crippen LogP contribution in [0.1, 0.15) is 105 Å². The smallest absolute Gasteiger partial charge is 0.310 e. The fraction of sp³-hybridized carbons (Fsp3) is 1.00. The third-order valence-electron chi connectivity index (χ3n) is 4.26. The lowest BCUT2D eigenvalue weighted by atomic mass is 10.1. The highest BCUT2D eigenvalue weighted by molar-refractivity contribution is 4.74. The predicted octanol–water partition coefficient (Wildman–Crippen LogP) is 6.47. The molecule has 0 saturated carbocycles. The van der Waals surface area contributed by atoms with Crippen LogP contribution in [0.25, 0.3) is 0 Å². The lowest BCUT2D eigenvalue weighted by Gasteiger charge is -2.39. The van der Waals surface area contributed by atoms with Crippen molar-refractivity contribution in [2.24, 2.45) is 0 Å². The summed E-state index contributed by atoms with van der Waals surface area (Å²) in [5.41, 5.74) is 0. The van der Waals surface area contributed by atoms with Gasteiger partial charge in [0, 0.05) is 6.61 Å². The van der Waals surface area contributed by atoms with Crippen LogP contribution in [0, 0.1) is 0 Å². The van der Waals surface area contributed by atoms with E-state index in [1.807, 2.05) is 0 Å². The lowest BCUT2D eigenvalue weighted by Crippen LogP contribution is -2.52. The van der Waals surface area contributed by atoms with Crippen molar-refractivity contribution in [3.63, 3.8) is 0 Å². The molecule has 0 aliphatic carbocycles. The van der Waals surface area contributed by atoms with Gasteiger partial charge < -0.3 is 18.9 Å². The zero-order chi connectivity index (χ0) is 19.5. The van der Waals surface area contributed by atoms with Crippen LogP contribution in [0.15, 0.2) is 0 Å². The molecule has 0 amide bonds. The molecule has 26 heavy (non-hydrogen) atoms. The number of hydrogen-bond donors (Lipinski definition) is 0. The molecule has 0 saturated heterocycles. The molecule has 1 atom stereocenters. The van der Waals surface area contributed by atoms with Gasteiger partial charge in [-0.05, 0) is 32.1 Å². The zero-order valence-corrected chi connectivity index (χ0v) is 18.3. The standard InChI is InChI=1S/C22H46O4/c1-6-11-12-13-14-15-16-21(23-17-7-2)22(24-18-8-3,25-19-9-4)26-20-10-5/h21H,6-20H2,1-5H3. The first kappa shape index (κ1) is 25.8. The van der Waals surface area contributed by atoms with Gasteiger partial charge in [0.05, 0.1) is 19.8 Å². The number of rotatable bonds is 20. The summed E-state index contributed by atoms with van der Waals surface area (Å²) in [6.07, 6.45) is 12.1. The molecule has 0 heterocycles. The van der Waals surface area contributed by atoms with Crippen LogP contribution in [-0.2, 0) is 18.9 Å². The molecule has 4 nitrogen and oxygen atoms in total. The van der Waals surface area contributed by atoms with E-state index < -0.39 is 5.97 Å². The van der Waals surface area contributed by atoms with E-state index in [1.165, 1.54) is 32.1 Å². The molecular formula is C22H46O4.